The number of nitrogens with one attached hydrogen (secondary N) is 1. The lowest BCUT2D eigenvalue weighted by atomic mass is 10.1. The summed E-state index contributed by atoms with van der Waals surface area (Å²) in [7, 11) is 1.64. The summed E-state index contributed by atoms with van der Waals surface area (Å²) >= 11 is 5.30. The van der Waals surface area contributed by atoms with Crippen LogP contribution in [0.15, 0.2) is 12.2 Å². The topological polar surface area (TPSA) is 73.9 Å². The fourth-order valence-electron chi connectivity index (χ4n) is 2.55. The Bertz CT molecular complexity index is 404. The quantitative estimate of drug-likeness (QED) is 0.173. The largest absolute Gasteiger partial charge is 0.382 e. The SMILES string of the molecule is COCCOCCOCCNC(=O)/C=C/CCCCCCCCCCC(=O)Cl. The molecule has 1 amide bonds. The number of allylic oxidation sites excluding steroid dienone is 1. The summed E-state index contributed by atoms with van der Waals surface area (Å²) in [6.07, 6.45) is 14.1. The first-order valence-corrected chi connectivity index (χ1v) is 10.8. The van der Waals surface area contributed by atoms with E-state index in [4.69, 9.17) is 25.8 Å². The zero-order valence-electron chi connectivity index (χ0n) is 17.4. The molecule has 0 saturated heterocycles. The molecule has 0 fully saturated rings. The molecule has 0 bridgehead atoms. The molecule has 0 aliphatic heterocycles. The Kier molecular flexibility index (Phi) is 21.6. The van der Waals surface area contributed by atoms with Crippen LogP contribution in [0.4, 0.5) is 0 Å². The van der Waals surface area contributed by atoms with E-state index in [1.807, 2.05) is 6.08 Å². The number of rotatable bonds is 21. The second kappa shape index (κ2) is 22.3. The van der Waals surface area contributed by atoms with Gasteiger partial charge in [0, 0.05) is 20.1 Å². The van der Waals surface area contributed by atoms with Gasteiger partial charge in [0.25, 0.3) is 0 Å². The summed E-state index contributed by atoms with van der Waals surface area (Å²) in [5.41, 5.74) is 0. The highest BCUT2D eigenvalue weighted by Gasteiger charge is 1.97. The molecule has 164 valence electrons. The van der Waals surface area contributed by atoms with Crippen LogP contribution in [0, 0.1) is 0 Å². The molecule has 0 rings (SSSR count). The van der Waals surface area contributed by atoms with E-state index >= 15 is 0 Å². The van der Waals surface area contributed by atoms with E-state index in [2.05, 4.69) is 5.32 Å². The Labute approximate surface area is 175 Å². The molecule has 0 aliphatic carbocycles. The molecule has 0 radical (unpaired) electrons. The summed E-state index contributed by atoms with van der Waals surface area (Å²) in [6, 6.07) is 0. The van der Waals surface area contributed by atoms with Gasteiger partial charge < -0.3 is 19.5 Å². The van der Waals surface area contributed by atoms with Gasteiger partial charge in [-0.3, -0.25) is 9.59 Å². The molecular formula is C21H38ClNO5. The number of hydrogen-bond acceptors (Lipinski definition) is 5. The highest BCUT2D eigenvalue weighted by atomic mass is 35.5. The Morgan fingerprint density at radius 3 is 2.04 bits per heavy atom. The molecular weight excluding hydrogens is 382 g/mol. The molecule has 6 nitrogen and oxygen atoms in total. The maximum atomic E-state index is 11.6. The molecule has 0 saturated carbocycles. The Morgan fingerprint density at radius 2 is 1.39 bits per heavy atom. The molecule has 7 heteroatoms. The van der Waals surface area contributed by atoms with Crippen LogP contribution in [0.5, 0.6) is 0 Å². The van der Waals surface area contributed by atoms with Crippen molar-refractivity contribution in [1.82, 2.24) is 5.32 Å². The van der Waals surface area contributed by atoms with Crippen molar-refractivity contribution in [3.05, 3.63) is 12.2 Å². The normalized spacial score (nSPS) is 11.2. The van der Waals surface area contributed by atoms with Gasteiger partial charge in [-0.2, -0.15) is 0 Å². The molecule has 0 unspecified atom stereocenters. The van der Waals surface area contributed by atoms with Crippen molar-refractivity contribution in [2.75, 3.05) is 46.7 Å². The van der Waals surface area contributed by atoms with E-state index in [0.717, 1.165) is 25.7 Å². The lowest BCUT2D eigenvalue weighted by Crippen LogP contribution is -2.26. The number of hydrogen-bond donors (Lipinski definition) is 1. The summed E-state index contributed by atoms with van der Waals surface area (Å²) in [6.45, 7) is 3.19. The van der Waals surface area contributed by atoms with Crippen molar-refractivity contribution in [1.29, 1.82) is 0 Å². The van der Waals surface area contributed by atoms with Crippen molar-refractivity contribution in [2.24, 2.45) is 0 Å². The molecule has 0 aromatic heterocycles. The first kappa shape index (κ1) is 27.0. The highest BCUT2D eigenvalue weighted by molar-refractivity contribution is 6.63. The van der Waals surface area contributed by atoms with Crippen LogP contribution in [-0.2, 0) is 23.8 Å². The van der Waals surface area contributed by atoms with Gasteiger partial charge in [0.1, 0.15) is 0 Å². The molecule has 1 N–H and O–H groups in total. The van der Waals surface area contributed by atoms with Crippen LogP contribution < -0.4 is 5.32 Å². The van der Waals surface area contributed by atoms with Gasteiger partial charge in [-0.1, -0.05) is 44.6 Å². The van der Waals surface area contributed by atoms with Gasteiger partial charge in [-0.15, -0.1) is 0 Å². The summed E-state index contributed by atoms with van der Waals surface area (Å²) < 4.78 is 15.5. The standard InChI is InChI=1S/C21H38ClNO5/c1-26-16-17-28-19-18-27-15-14-23-21(25)13-11-9-7-5-3-2-4-6-8-10-12-20(22)24/h11,13H,2-10,12,14-19H2,1H3,(H,23,25)/b13-11+. The second-order valence-electron chi connectivity index (χ2n) is 6.63. The zero-order chi connectivity index (χ0) is 20.7. The average Bonchev–Trinajstić information content (AvgIpc) is 2.67. The Balaban J connectivity index is 3.26. The van der Waals surface area contributed by atoms with Crippen LogP contribution in [0.2, 0.25) is 0 Å². The predicted molar refractivity (Wildman–Crippen MR) is 113 cm³/mol. The molecule has 0 aliphatic rings. The van der Waals surface area contributed by atoms with E-state index < -0.39 is 0 Å². The number of halogens is 1. The van der Waals surface area contributed by atoms with E-state index in [-0.39, 0.29) is 11.1 Å². The van der Waals surface area contributed by atoms with E-state index in [0.29, 0.717) is 46.0 Å². The van der Waals surface area contributed by atoms with Crippen LogP contribution in [0.25, 0.3) is 0 Å². The average molecular weight is 420 g/mol. The molecule has 0 atom stereocenters. The van der Waals surface area contributed by atoms with Crippen LogP contribution in [0.3, 0.4) is 0 Å². The molecule has 0 heterocycles. The fraction of sp³-hybridized carbons (Fsp3) is 0.810. The first-order valence-electron chi connectivity index (χ1n) is 10.4. The number of carbonyl (C=O) groups is 2. The number of methoxy groups -OCH3 is 1. The third kappa shape index (κ3) is 23.1. The highest BCUT2D eigenvalue weighted by Crippen LogP contribution is 2.11. The lowest BCUT2D eigenvalue weighted by molar-refractivity contribution is -0.116. The van der Waals surface area contributed by atoms with Crippen molar-refractivity contribution in [3.8, 4) is 0 Å². The third-order valence-corrected chi connectivity index (χ3v) is 4.30. The van der Waals surface area contributed by atoms with Crippen LogP contribution >= 0.6 is 11.6 Å². The van der Waals surface area contributed by atoms with Crippen LogP contribution in [0.1, 0.15) is 64.2 Å². The smallest absolute Gasteiger partial charge is 0.243 e. The van der Waals surface area contributed by atoms with E-state index in [9.17, 15) is 9.59 Å². The molecule has 28 heavy (non-hydrogen) atoms. The predicted octanol–water partition coefficient (Wildman–Crippen LogP) is 4.00. The van der Waals surface area contributed by atoms with Gasteiger partial charge in [0.05, 0.1) is 33.0 Å². The summed E-state index contributed by atoms with van der Waals surface area (Å²) in [5, 5.41) is 2.57. The Hall–Kier alpha value is -0.950. The fourth-order valence-corrected chi connectivity index (χ4v) is 2.68. The molecule has 0 aromatic rings. The number of ether oxygens (including phenoxy) is 3. The minimum Gasteiger partial charge on any atom is -0.382 e. The number of unbranched alkanes of at least 4 members (excludes halogenated alkanes) is 8. The van der Waals surface area contributed by atoms with Crippen LogP contribution in [-0.4, -0.2) is 57.8 Å². The van der Waals surface area contributed by atoms with Gasteiger partial charge in [0.2, 0.25) is 11.1 Å². The zero-order valence-corrected chi connectivity index (χ0v) is 18.1. The van der Waals surface area contributed by atoms with E-state index in [1.54, 1.807) is 13.2 Å². The maximum absolute atomic E-state index is 11.6. The maximum Gasteiger partial charge on any atom is 0.243 e. The van der Waals surface area contributed by atoms with Gasteiger partial charge in [-0.05, 0) is 36.9 Å². The van der Waals surface area contributed by atoms with E-state index in [1.165, 1.54) is 32.1 Å². The minimum atomic E-state index is -0.227. The molecule has 0 aromatic carbocycles. The monoisotopic (exact) mass is 419 g/mol. The lowest BCUT2D eigenvalue weighted by Gasteiger charge is -2.06. The van der Waals surface area contributed by atoms with Gasteiger partial charge in [-0.25, -0.2) is 0 Å². The number of amides is 1. The summed E-state index contributed by atoms with van der Waals surface area (Å²) in [4.78, 5) is 22.2. The third-order valence-electron chi connectivity index (χ3n) is 4.11. The molecule has 0 spiro atoms. The second-order valence-corrected chi connectivity index (χ2v) is 7.05. The van der Waals surface area contributed by atoms with Crippen molar-refractivity contribution < 1.29 is 23.8 Å². The Morgan fingerprint density at radius 1 is 0.821 bits per heavy atom. The van der Waals surface area contributed by atoms with Crippen molar-refractivity contribution in [3.63, 3.8) is 0 Å². The van der Waals surface area contributed by atoms with Gasteiger partial charge >= 0.3 is 0 Å². The van der Waals surface area contributed by atoms with Crippen molar-refractivity contribution in [2.45, 2.75) is 64.2 Å². The minimum absolute atomic E-state index is 0.0737. The summed E-state index contributed by atoms with van der Waals surface area (Å²) in [5.74, 6) is -0.0737. The van der Waals surface area contributed by atoms with Crippen molar-refractivity contribution >= 4 is 22.8 Å². The number of carbonyl (C=O) groups excluding carboxylic acids is 2. The first-order chi connectivity index (χ1) is 13.7. The van der Waals surface area contributed by atoms with Gasteiger partial charge in [0.15, 0.2) is 0 Å².